The second kappa shape index (κ2) is 6.56. The van der Waals surface area contributed by atoms with Crippen molar-refractivity contribution in [1.29, 1.82) is 0 Å². The van der Waals surface area contributed by atoms with E-state index in [0.29, 0.717) is 0 Å². The number of rotatable bonds is 1. The predicted molar refractivity (Wildman–Crippen MR) is 71.3 cm³/mol. The molecular formula is C15H17NO3. The Hall–Kier alpha value is -2.33. The van der Waals surface area contributed by atoms with Gasteiger partial charge in [0.1, 0.15) is 5.69 Å². The van der Waals surface area contributed by atoms with Gasteiger partial charge in [0.15, 0.2) is 0 Å². The van der Waals surface area contributed by atoms with E-state index in [0.717, 1.165) is 5.69 Å². The zero-order chi connectivity index (χ0) is 14.4. The maximum atomic E-state index is 10.7. The van der Waals surface area contributed by atoms with Crippen LogP contribution in [0.15, 0.2) is 42.5 Å². The molecule has 0 aliphatic carbocycles. The minimum Gasteiger partial charge on any atom is -0.872 e. The summed E-state index contributed by atoms with van der Waals surface area (Å²) >= 11 is 0. The molecule has 0 radical (unpaired) electrons. The fraction of sp³-hybridized carbons (Fsp3) is 0.133. The molecule has 2 aromatic rings. The first-order chi connectivity index (χ1) is 8.91. The van der Waals surface area contributed by atoms with Crippen molar-refractivity contribution in [2.45, 2.75) is 13.8 Å². The number of carboxylic acids is 1. The van der Waals surface area contributed by atoms with Gasteiger partial charge in [0.25, 0.3) is 0 Å². The summed E-state index contributed by atoms with van der Waals surface area (Å²) in [5.74, 6) is -1.62. The third-order valence-electron chi connectivity index (χ3n) is 2.62. The predicted octanol–water partition coefficient (Wildman–Crippen LogP) is 1.64. The molecule has 2 aromatic carbocycles. The maximum Gasteiger partial charge on any atom is 0.335 e. The first-order valence-corrected chi connectivity index (χ1v) is 5.80. The van der Waals surface area contributed by atoms with Gasteiger partial charge in [-0.3, -0.25) is 0 Å². The van der Waals surface area contributed by atoms with Crippen LogP contribution in [0.2, 0.25) is 0 Å². The van der Waals surface area contributed by atoms with Crippen molar-refractivity contribution in [3.8, 4) is 5.75 Å². The standard InChI is InChI=1S/C8H11N.C7H6O3/c1-6-3-4-7(2)8(9)5-6;8-6-4-2-1-3-5(6)7(9)10/h3-5H,9H2,1-2H3;1-4,8H,(H,9,10). The van der Waals surface area contributed by atoms with Crippen molar-refractivity contribution in [1.82, 2.24) is 0 Å². The van der Waals surface area contributed by atoms with Crippen LogP contribution < -0.4 is 10.8 Å². The molecule has 0 unspecified atom stereocenters. The average molecular weight is 259 g/mol. The Morgan fingerprint density at radius 1 is 1.16 bits per heavy atom. The molecule has 2 rings (SSSR count). The van der Waals surface area contributed by atoms with Crippen LogP contribution in [0.25, 0.3) is 0 Å². The summed E-state index contributed by atoms with van der Waals surface area (Å²) in [5, 5.41) is 19.0. The Kier molecular flexibility index (Phi) is 5.09. The van der Waals surface area contributed by atoms with Gasteiger partial charge in [-0.2, -0.15) is 0 Å². The van der Waals surface area contributed by atoms with Gasteiger partial charge in [0.2, 0.25) is 0 Å². The van der Waals surface area contributed by atoms with E-state index < -0.39 is 11.7 Å². The topological polar surface area (TPSA) is 88.0 Å². The fourth-order valence-corrected chi connectivity index (χ4v) is 1.44. The summed E-state index contributed by atoms with van der Waals surface area (Å²) in [6.07, 6.45) is 0. The Balaban J connectivity index is 0.000000191. The quantitative estimate of drug-likeness (QED) is 0.816. The van der Waals surface area contributed by atoms with Crippen molar-refractivity contribution in [2.75, 3.05) is 0 Å². The number of benzene rings is 2. The van der Waals surface area contributed by atoms with Gasteiger partial charge in [-0.15, -0.1) is 0 Å². The minimum absolute atomic E-state index is 0.178. The van der Waals surface area contributed by atoms with E-state index in [2.05, 4.69) is 37.8 Å². The molecule has 0 saturated carbocycles. The molecule has 0 spiro atoms. The highest BCUT2D eigenvalue weighted by atomic mass is 16.4. The normalized spacial score (nSPS) is 9.42. The molecular weight excluding hydrogens is 242 g/mol. The number of aryl methyl sites for hydroxylation is 2. The Morgan fingerprint density at radius 3 is 2.21 bits per heavy atom. The van der Waals surface area contributed by atoms with Crippen LogP contribution in [0, 0.1) is 13.8 Å². The second-order valence-corrected chi connectivity index (χ2v) is 4.23. The molecule has 0 aliphatic rings. The number of aromatic carboxylic acids is 1. The molecule has 4 N–H and O–H groups in total. The van der Waals surface area contributed by atoms with E-state index in [1.165, 1.54) is 35.4 Å². The van der Waals surface area contributed by atoms with Crippen LogP contribution in [0.3, 0.4) is 0 Å². The van der Waals surface area contributed by atoms with E-state index in [1.54, 1.807) is 0 Å². The zero-order valence-corrected chi connectivity index (χ0v) is 11.0. The zero-order valence-electron chi connectivity index (χ0n) is 11.0. The van der Waals surface area contributed by atoms with Crippen LogP contribution in [0.1, 0.15) is 21.5 Å². The lowest BCUT2D eigenvalue weighted by Gasteiger charge is -2.07. The summed E-state index contributed by atoms with van der Waals surface area (Å²) in [4.78, 5) is 10.2. The summed E-state index contributed by atoms with van der Waals surface area (Å²) in [6, 6.07) is 11.8. The first-order valence-electron chi connectivity index (χ1n) is 5.80. The van der Waals surface area contributed by atoms with Crippen LogP contribution in [0.4, 0.5) is 5.69 Å². The SMILES string of the molecule is Cc1ccc(C)c([NH3+])c1.O=C(O)c1ccccc1[O-]. The van der Waals surface area contributed by atoms with Gasteiger partial charge in [0.05, 0.1) is 5.56 Å². The summed E-state index contributed by atoms with van der Waals surface area (Å²) in [7, 11) is 0. The van der Waals surface area contributed by atoms with Gasteiger partial charge < -0.3 is 15.9 Å². The Morgan fingerprint density at radius 2 is 1.79 bits per heavy atom. The molecule has 100 valence electrons. The largest absolute Gasteiger partial charge is 0.872 e. The molecule has 0 saturated heterocycles. The van der Waals surface area contributed by atoms with Crippen LogP contribution >= 0.6 is 0 Å². The molecule has 0 aliphatic heterocycles. The van der Waals surface area contributed by atoms with Crippen LogP contribution in [-0.4, -0.2) is 11.1 Å². The molecule has 0 fully saturated rings. The summed E-state index contributed by atoms with van der Waals surface area (Å²) in [5.41, 5.74) is 7.38. The third-order valence-corrected chi connectivity index (χ3v) is 2.62. The smallest absolute Gasteiger partial charge is 0.335 e. The van der Waals surface area contributed by atoms with E-state index in [9.17, 15) is 9.90 Å². The fourth-order valence-electron chi connectivity index (χ4n) is 1.44. The van der Waals surface area contributed by atoms with E-state index in [4.69, 9.17) is 5.11 Å². The average Bonchev–Trinajstić information content (AvgIpc) is 2.35. The highest BCUT2D eigenvalue weighted by molar-refractivity contribution is 5.90. The van der Waals surface area contributed by atoms with E-state index in [-0.39, 0.29) is 5.56 Å². The van der Waals surface area contributed by atoms with Gasteiger partial charge in [-0.1, -0.05) is 36.1 Å². The molecule has 19 heavy (non-hydrogen) atoms. The van der Waals surface area contributed by atoms with Crippen molar-refractivity contribution in [2.24, 2.45) is 0 Å². The Labute approximate surface area is 112 Å². The molecule has 4 heteroatoms. The number of hydrogen-bond acceptors (Lipinski definition) is 2. The van der Waals surface area contributed by atoms with Crippen LogP contribution in [0.5, 0.6) is 5.75 Å². The first kappa shape index (κ1) is 14.7. The molecule has 0 heterocycles. The van der Waals surface area contributed by atoms with Gasteiger partial charge in [0, 0.05) is 11.6 Å². The van der Waals surface area contributed by atoms with Crippen molar-refractivity contribution in [3.63, 3.8) is 0 Å². The van der Waals surface area contributed by atoms with Crippen molar-refractivity contribution >= 4 is 11.7 Å². The highest BCUT2D eigenvalue weighted by Gasteiger charge is 1.99. The van der Waals surface area contributed by atoms with E-state index >= 15 is 0 Å². The molecule has 0 aromatic heterocycles. The lowest BCUT2D eigenvalue weighted by Crippen LogP contribution is -2.41. The van der Waals surface area contributed by atoms with Crippen molar-refractivity contribution in [3.05, 3.63) is 59.2 Å². The number of quaternary nitrogens is 1. The van der Waals surface area contributed by atoms with Crippen molar-refractivity contribution < 1.29 is 20.7 Å². The molecule has 0 amide bonds. The number of hydrogen-bond donors (Lipinski definition) is 2. The molecule has 0 bridgehead atoms. The van der Waals surface area contributed by atoms with Gasteiger partial charge >= 0.3 is 5.97 Å². The second-order valence-electron chi connectivity index (χ2n) is 4.23. The van der Waals surface area contributed by atoms with Crippen LogP contribution in [-0.2, 0) is 0 Å². The number of carboxylic acid groups (broad SMARTS) is 1. The van der Waals surface area contributed by atoms with E-state index in [1.807, 2.05) is 0 Å². The number of para-hydroxylation sites is 1. The molecule has 4 nitrogen and oxygen atoms in total. The summed E-state index contributed by atoms with van der Waals surface area (Å²) in [6.45, 7) is 4.15. The minimum atomic E-state index is -1.18. The van der Waals surface area contributed by atoms with Gasteiger partial charge in [-0.25, -0.2) is 4.79 Å². The third kappa shape index (κ3) is 4.44. The number of carbonyl (C=O) groups is 1. The molecule has 0 atom stereocenters. The van der Waals surface area contributed by atoms with Gasteiger partial charge in [-0.05, 0) is 25.5 Å². The summed E-state index contributed by atoms with van der Waals surface area (Å²) < 4.78 is 0. The lowest BCUT2D eigenvalue weighted by molar-refractivity contribution is -0.268. The maximum absolute atomic E-state index is 10.7. The Bertz CT molecular complexity index is 579. The monoisotopic (exact) mass is 259 g/mol. The highest BCUT2D eigenvalue weighted by Crippen LogP contribution is 2.11. The lowest BCUT2D eigenvalue weighted by atomic mass is 10.1.